The van der Waals surface area contributed by atoms with Gasteiger partial charge in [-0.25, -0.2) is 9.55 Å². The number of carboxylic acids is 1. The molecule has 2 aromatic rings. The zero-order chi connectivity index (χ0) is 27.1. The Morgan fingerprint density at radius 2 is 2.05 bits per heavy atom. The number of carboxylic acid groups (broad SMARTS) is 1. The number of hydrogen-bond acceptors (Lipinski definition) is 10. The van der Waals surface area contributed by atoms with E-state index in [4.69, 9.17) is 5.73 Å². The summed E-state index contributed by atoms with van der Waals surface area (Å²) in [5.74, 6) is -3.28. The second kappa shape index (κ2) is 9.70. The van der Waals surface area contributed by atoms with Crippen LogP contribution < -0.4 is 25.6 Å². The molecule has 38 heavy (non-hydrogen) atoms. The highest BCUT2D eigenvalue weighted by atomic mass is 32.1. The van der Waals surface area contributed by atoms with Gasteiger partial charge in [-0.15, -0.1) is 11.3 Å². The first-order valence-corrected chi connectivity index (χ1v) is 12.6. The highest BCUT2D eigenvalue weighted by Crippen LogP contribution is 2.38. The molecule has 196 valence electrons. The summed E-state index contributed by atoms with van der Waals surface area (Å²) in [6.45, 7) is 0.449. The fourth-order valence-electron chi connectivity index (χ4n) is 4.92. The summed E-state index contributed by atoms with van der Waals surface area (Å²) < 4.78 is 1.85. The molecule has 0 aromatic carbocycles. The van der Waals surface area contributed by atoms with Crippen molar-refractivity contribution in [1.82, 2.24) is 15.2 Å². The zero-order valence-electron chi connectivity index (χ0n) is 20.2. The Morgan fingerprint density at radius 3 is 2.68 bits per heavy atom. The number of anilines is 2. The molecular weight excluding hydrogens is 514 g/mol. The number of allylic oxidation sites excluding steroid dienone is 2. The van der Waals surface area contributed by atoms with Crippen LogP contribution in [0.15, 0.2) is 58.0 Å². The summed E-state index contributed by atoms with van der Waals surface area (Å²) in [7, 11) is 1.87. The summed E-state index contributed by atoms with van der Waals surface area (Å²) in [6, 6.07) is 1.98. The number of aryl methyl sites for hydroxylation is 1. The maximum Gasteiger partial charge on any atom is 0.276 e. The van der Waals surface area contributed by atoms with Gasteiger partial charge < -0.3 is 36.0 Å². The molecule has 3 aliphatic rings. The topological polar surface area (TPSA) is 185 Å². The Morgan fingerprint density at radius 1 is 1.32 bits per heavy atom. The lowest BCUT2D eigenvalue weighted by Gasteiger charge is -2.51. The number of fused-ring (bicyclic) bond motifs is 1. The number of aromatic nitrogens is 2. The first kappa shape index (κ1) is 25.1. The minimum atomic E-state index is -1.55. The predicted octanol–water partition coefficient (Wildman–Crippen LogP) is -1.42. The molecule has 13 nitrogen and oxygen atoms in total. The molecule has 5 rings (SSSR count). The third-order valence-electron chi connectivity index (χ3n) is 6.78. The molecular formula is C24H23N7O6S. The van der Waals surface area contributed by atoms with Crippen LogP contribution in [0.5, 0.6) is 0 Å². The van der Waals surface area contributed by atoms with E-state index in [1.807, 2.05) is 36.1 Å². The van der Waals surface area contributed by atoms with Crippen LogP contribution in [-0.2, 0) is 26.2 Å². The van der Waals surface area contributed by atoms with Gasteiger partial charge in [-0.3, -0.25) is 14.4 Å². The number of thiazole rings is 1. The number of β-lactam (4-membered cyclic amide) rings is 1. The third kappa shape index (κ3) is 4.28. The van der Waals surface area contributed by atoms with Crippen molar-refractivity contribution in [2.75, 3.05) is 17.2 Å². The maximum absolute atomic E-state index is 13.0. The summed E-state index contributed by atoms with van der Waals surface area (Å²) >= 11 is 1.05. The minimum absolute atomic E-state index is 0.0451. The molecule has 2 fully saturated rings. The SMILES string of the molecule is C[n+]1ccc(N2CC/C(=C\C3=C(C(=O)[O-])N4C(=O)[C@@H](NC(=O)/C(=N\O)c5csc(N)n5)[C@H]4CC3)C2=O)cc1. The predicted molar refractivity (Wildman–Crippen MR) is 131 cm³/mol. The number of nitrogens with one attached hydrogen (secondary N) is 1. The largest absolute Gasteiger partial charge is 0.543 e. The first-order valence-electron chi connectivity index (χ1n) is 11.7. The average Bonchev–Trinajstić information content (AvgIpc) is 3.48. The highest BCUT2D eigenvalue weighted by molar-refractivity contribution is 7.13. The number of oxime groups is 1. The highest BCUT2D eigenvalue weighted by Gasteiger charge is 2.52. The second-order valence-corrected chi connectivity index (χ2v) is 9.93. The van der Waals surface area contributed by atoms with Crippen LogP contribution in [0.1, 0.15) is 25.0 Å². The number of nitrogens with zero attached hydrogens (tertiary/aromatic N) is 5. The van der Waals surface area contributed by atoms with Crippen molar-refractivity contribution in [3.05, 3.63) is 58.5 Å². The van der Waals surface area contributed by atoms with E-state index in [1.165, 1.54) is 11.5 Å². The van der Waals surface area contributed by atoms with Crippen molar-refractivity contribution in [3.63, 3.8) is 0 Å². The van der Waals surface area contributed by atoms with Crippen molar-refractivity contribution in [2.24, 2.45) is 12.2 Å². The van der Waals surface area contributed by atoms with Gasteiger partial charge in [0, 0.05) is 29.6 Å². The molecule has 4 N–H and O–H groups in total. The molecule has 3 aliphatic heterocycles. The number of pyridine rings is 1. The fourth-order valence-corrected chi connectivity index (χ4v) is 5.47. The lowest BCUT2D eigenvalue weighted by molar-refractivity contribution is -0.671. The van der Waals surface area contributed by atoms with E-state index in [0.717, 1.165) is 21.9 Å². The van der Waals surface area contributed by atoms with Crippen molar-refractivity contribution < 1.29 is 34.1 Å². The number of carbonyl (C=O) groups excluding carboxylic acids is 4. The van der Waals surface area contributed by atoms with Gasteiger partial charge in [-0.2, -0.15) is 0 Å². The smallest absolute Gasteiger partial charge is 0.276 e. The Hall–Kier alpha value is -4.59. The van der Waals surface area contributed by atoms with Gasteiger partial charge in [0.2, 0.25) is 0 Å². The second-order valence-electron chi connectivity index (χ2n) is 9.04. The number of amides is 3. The molecule has 0 aliphatic carbocycles. The number of hydrogen-bond donors (Lipinski definition) is 3. The van der Waals surface area contributed by atoms with Gasteiger partial charge in [-0.05, 0) is 30.9 Å². The third-order valence-corrected chi connectivity index (χ3v) is 7.45. The van der Waals surface area contributed by atoms with Crippen LogP contribution in [0.3, 0.4) is 0 Å². The van der Waals surface area contributed by atoms with Gasteiger partial charge in [0.1, 0.15) is 18.8 Å². The van der Waals surface area contributed by atoms with E-state index in [-0.39, 0.29) is 28.9 Å². The first-order chi connectivity index (χ1) is 18.2. The minimum Gasteiger partial charge on any atom is -0.543 e. The molecule has 0 bridgehead atoms. The van der Waals surface area contributed by atoms with E-state index in [0.29, 0.717) is 30.5 Å². The molecule has 14 heteroatoms. The van der Waals surface area contributed by atoms with Crippen molar-refractivity contribution in [2.45, 2.75) is 31.3 Å². The Bertz CT molecular complexity index is 1440. The number of aliphatic carboxylic acids is 1. The van der Waals surface area contributed by atoms with E-state index in [1.54, 1.807) is 4.90 Å². The maximum atomic E-state index is 13.0. The van der Waals surface area contributed by atoms with Gasteiger partial charge in [0.05, 0.1) is 23.4 Å². The van der Waals surface area contributed by atoms with Crippen LogP contribution in [0.2, 0.25) is 0 Å². The zero-order valence-corrected chi connectivity index (χ0v) is 21.0. The van der Waals surface area contributed by atoms with Gasteiger partial charge in [0.25, 0.3) is 17.7 Å². The standard InChI is InChI=1S/C24H23N7O6S/c1-29-7-5-14(6-8-29)30-9-4-13(21(30)33)10-12-2-3-16-18(22(34)31(16)19(12)23(35)36)27-20(32)17(28-37)15-11-38-24(25)26-15/h5-8,10-11,16,18H,2-4,9H2,1H3,(H4-,25,26,27,32,35,36,37)/b13-10+/t16-,18+/m1/s1. The lowest BCUT2D eigenvalue weighted by atomic mass is 9.82. The van der Waals surface area contributed by atoms with E-state index < -0.39 is 35.6 Å². The van der Waals surface area contributed by atoms with Crippen LogP contribution in [0.4, 0.5) is 10.8 Å². The average molecular weight is 538 g/mol. The molecule has 0 saturated carbocycles. The Labute approximate surface area is 220 Å². The summed E-state index contributed by atoms with van der Waals surface area (Å²) in [5, 5.41) is 28.5. The number of carbonyl (C=O) groups is 4. The molecule has 2 atom stereocenters. The molecule has 2 saturated heterocycles. The number of rotatable bonds is 6. The molecule has 0 unspecified atom stereocenters. The lowest BCUT2D eigenvalue weighted by Crippen LogP contribution is -2.72. The van der Waals surface area contributed by atoms with Gasteiger partial charge >= 0.3 is 0 Å². The van der Waals surface area contributed by atoms with Crippen molar-refractivity contribution >= 4 is 51.6 Å². The summed E-state index contributed by atoms with van der Waals surface area (Å²) in [5.41, 5.74) is 6.37. The van der Waals surface area contributed by atoms with Crippen molar-refractivity contribution in [3.8, 4) is 0 Å². The van der Waals surface area contributed by atoms with E-state index >= 15 is 0 Å². The van der Waals surface area contributed by atoms with Gasteiger partial charge in [-0.1, -0.05) is 5.16 Å². The van der Waals surface area contributed by atoms with Crippen LogP contribution in [-0.4, -0.2) is 63.1 Å². The van der Waals surface area contributed by atoms with Crippen LogP contribution in [0, 0.1) is 0 Å². The molecule has 5 heterocycles. The summed E-state index contributed by atoms with van der Waals surface area (Å²) in [4.78, 5) is 57.4. The normalized spacial score (nSPS) is 22.6. The fraction of sp³-hybridized carbons (Fsp3) is 0.292. The number of nitrogens with two attached hydrogens (primary N) is 1. The Balaban J connectivity index is 1.35. The van der Waals surface area contributed by atoms with Crippen LogP contribution in [0.25, 0.3) is 0 Å². The number of nitrogen functional groups attached to an aromatic ring is 1. The summed E-state index contributed by atoms with van der Waals surface area (Å²) in [6.07, 6.45) is 6.21. The molecule has 3 amide bonds. The molecule has 2 aromatic heterocycles. The monoisotopic (exact) mass is 537 g/mol. The quantitative estimate of drug-likeness (QED) is 0.100. The van der Waals surface area contributed by atoms with Gasteiger partial charge in [0.15, 0.2) is 23.2 Å². The Kier molecular flexibility index (Phi) is 6.40. The van der Waals surface area contributed by atoms with Crippen molar-refractivity contribution in [1.29, 1.82) is 0 Å². The molecule has 0 spiro atoms. The van der Waals surface area contributed by atoms with E-state index in [9.17, 15) is 29.5 Å². The van der Waals surface area contributed by atoms with Crippen LogP contribution >= 0.6 is 11.3 Å². The molecule has 0 radical (unpaired) electrons. The van der Waals surface area contributed by atoms with E-state index in [2.05, 4.69) is 15.5 Å².